The highest BCUT2D eigenvalue weighted by molar-refractivity contribution is 7.10. The van der Waals surface area contributed by atoms with Crippen molar-refractivity contribution < 1.29 is 0 Å². The van der Waals surface area contributed by atoms with Crippen molar-refractivity contribution in [1.29, 1.82) is 0 Å². The molecule has 0 bridgehead atoms. The lowest BCUT2D eigenvalue weighted by molar-refractivity contribution is 0.590. The predicted molar refractivity (Wildman–Crippen MR) is 88.2 cm³/mol. The van der Waals surface area contributed by atoms with Gasteiger partial charge < -0.3 is 0 Å². The van der Waals surface area contributed by atoms with Gasteiger partial charge in [-0.05, 0) is 27.8 Å². The van der Waals surface area contributed by atoms with Gasteiger partial charge in [0, 0.05) is 4.88 Å². The van der Waals surface area contributed by atoms with Crippen LogP contribution in [0.2, 0.25) is 0 Å². The molecule has 2 aromatic rings. The van der Waals surface area contributed by atoms with Crippen LogP contribution in [0.3, 0.4) is 0 Å². The van der Waals surface area contributed by atoms with E-state index in [1.807, 2.05) is 11.3 Å². The molecule has 2 rings (SSSR count). The predicted octanol–water partition coefficient (Wildman–Crippen LogP) is 6.03. The summed E-state index contributed by atoms with van der Waals surface area (Å²) in [6.07, 6.45) is 0. The first-order valence-corrected chi connectivity index (χ1v) is 7.69. The second-order valence-electron chi connectivity index (χ2n) is 6.84. The summed E-state index contributed by atoms with van der Waals surface area (Å²) >= 11 is 1.83. The van der Waals surface area contributed by atoms with Crippen molar-refractivity contribution in [2.45, 2.75) is 52.4 Å². The molecule has 1 heteroatoms. The largest absolute Gasteiger partial charge is 0.148 e. The topological polar surface area (TPSA) is 0 Å². The molecule has 0 saturated carbocycles. The Morgan fingerprint density at radius 2 is 1.26 bits per heavy atom. The van der Waals surface area contributed by atoms with Crippen LogP contribution in [-0.2, 0) is 10.8 Å². The third-order valence-corrected chi connectivity index (χ3v) is 4.20. The second-order valence-corrected chi connectivity index (χ2v) is 7.79. The van der Waals surface area contributed by atoms with Gasteiger partial charge in [-0.2, -0.15) is 0 Å². The Kier molecular flexibility index (Phi) is 5.37. The Bertz CT molecular complexity index is 453. The van der Waals surface area contributed by atoms with Gasteiger partial charge in [-0.25, -0.2) is 0 Å². The van der Waals surface area contributed by atoms with E-state index in [0.29, 0.717) is 10.8 Å². The minimum atomic E-state index is 0.293. The van der Waals surface area contributed by atoms with Crippen molar-refractivity contribution >= 4 is 11.3 Å². The zero-order valence-corrected chi connectivity index (χ0v) is 13.8. The quantitative estimate of drug-likeness (QED) is 0.550. The molecule has 0 N–H and O–H groups in total. The molecular formula is C18H26S. The van der Waals surface area contributed by atoms with Gasteiger partial charge in [-0.15, -0.1) is 11.3 Å². The molecule has 0 aliphatic rings. The van der Waals surface area contributed by atoms with E-state index in [0.717, 1.165) is 0 Å². The SMILES string of the molecule is CC(C)(C)c1ccccc1.CC(C)(C)c1cccs1. The first-order valence-electron chi connectivity index (χ1n) is 6.81. The molecule has 0 radical (unpaired) electrons. The molecule has 0 nitrogen and oxygen atoms in total. The summed E-state index contributed by atoms with van der Waals surface area (Å²) in [4.78, 5) is 1.46. The van der Waals surface area contributed by atoms with Crippen molar-refractivity contribution in [3.8, 4) is 0 Å². The van der Waals surface area contributed by atoms with E-state index in [1.54, 1.807) is 0 Å². The van der Waals surface area contributed by atoms with Gasteiger partial charge in [0.25, 0.3) is 0 Å². The maximum atomic E-state index is 2.23. The van der Waals surface area contributed by atoms with Gasteiger partial charge in [0.15, 0.2) is 0 Å². The van der Waals surface area contributed by atoms with Crippen LogP contribution in [0.4, 0.5) is 0 Å². The normalized spacial score (nSPS) is 11.7. The van der Waals surface area contributed by atoms with E-state index in [9.17, 15) is 0 Å². The number of thiophene rings is 1. The molecule has 1 heterocycles. The molecule has 0 aliphatic heterocycles. The third-order valence-electron chi connectivity index (χ3n) is 2.90. The van der Waals surface area contributed by atoms with Crippen LogP contribution in [0, 0.1) is 0 Å². The minimum Gasteiger partial charge on any atom is -0.148 e. The fourth-order valence-corrected chi connectivity index (χ4v) is 2.46. The maximum Gasteiger partial charge on any atom is 0.00987 e. The standard InChI is InChI=1S/C10H14.C8H12S/c1-10(2,3)9-7-5-4-6-8-9;1-8(2,3)7-5-4-6-9-7/h4-8H,1-3H3;4-6H,1-3H3. The zero-order valence-electron chi connectivity index (χ0n) is 13.0. The molecule has 0 spiro atoms. The summed E-state index contributed by atoms with van der Waals surface area (Å²) < 4.78 is 0. The maximum absolute atomic E-state index is 2.23. The Morgan fingerprint density at radius 3 is 1.53 bits per heavy atom. The van der Waals surface area contributed by atoms with Gasteiger partial charge in [0.05, 0.1) is 0 Å². The number of rotatable bonds is 0. The van der Waals surface area contributed by atoms with Crippen LogP contribution < -0.4 is 0 Å². The molecule has 1 aromatic heterocycles. The van der Waals surface area contributed by atoms with Crippen LogP contribution in [0.25, 0.3) is 0 Å². The van der Waals surface area contributed by atoms with Crippen LogP contribution in [0.1, 0.15) is 52.0 Å². The fourth-order valence-electron chi connectivity index (χ4n) is 1.64. The van der Waals surface area contributed by atoms with Gasteiger partial charge in [0.1, 0.15) is 0 Å². The molecule has 0 aliphatic carbocycles. The highest BCUT2D eigenvalue weighted by atomic mass is 32.1. The van der Waals surface area contributed by atoms with Crippen LogP contribution in [-0.4, -0.2) is 0 Å². The van der Waals surface area contributed by atoms with Crippen LogP contribution >= 0.6 is 11.3 Å². The van der Waals surface area contributed by atoms with Crippen LogP contribution in [0.15, 0.2) is 47.8 Å². The molecule has 0 fully saturated rings. The smallest absolute Gasteiger partial charge is 0.00987 e. The lowest BCUT2D eigenvalue weighted by atomic mass is 9.87. The molecule has 104 valence electrons. The van der Waals surface area contributed by atoms with Gasteiger partial charge in [-0.3, -0.25) is 0 Å². The Hall–Kier alpha value is -1.08. The molecule has 0 atom stereocenters. The molecule has 19 heavy (non-hydrogen) atoms. The fraction of sp³-hybridized carbons (Fsp3) is 0.444. The molecule has 1 aromatic carbocycles. The average molecular weight is 274 g/mol. The Balaban J connectivity index is 0.000000191. The van der Waals surface area contributed by atoms with E-state index in [2.05, 4.69) is 89.4 Å². The molecular weight excluding hydrogens is 248 g/mol. The Morgan fingerprint density at radius 1 is 0.684 bits per heavy atom. The van der Waals surface area contributed by atoms with Crippen molar-refractivity contribution in [3.05, 3.63) is 58.3 Å². The summed E-state index contributed by atoms with van der Waals surface area (Å²) in [5.74, 6) is 0. The summed E-state index contributed by atoms with van der Waals surface area (Å²) in [5, 5.41) is 2.13. The summed E-state index contributed by atoms with van der Waals surface area (Å²) in [5.41, 5.74) is 2.03. The summed E-state index contributed by atoms with van der Waals surface area (Å²) in [6, 6.07) is 14.8. The number of hydrogen-bond acceptors (Lipinski definition) is 1. The number of benzene rings is 1. The first kappa shape index (κ1) is 16.0. The van der Waals surface area contributed by atoms with E-state index >= 15 is 0 Å². The number of hydrogen-bond donors (Lipinski definition) is 0. The molecule has 0 saturated heterocycles. The van der Waals surface area contributed by atoms with Gasteiger partial charge in [-0.1, -0.05) is 77.9 Å². The van der Waals surface area contributed by atoms with E-state index in [-0.39, 0.29) is 0 Å². The van der Waals surface area contributed by atoms with Crippen molar-refractivity contribution in [2.24, 2.45) is 0 Å². The summed E-state index contributed by atoms with van der Waals surface area (Å²) in [7, 11) is 0. The summed E-state index contributed by atoms with van der Waals surface area (Å²) in [6.45, 7) is 13.4. The van der Waals surface area contributed by atoms with Gasteiger partial charge in [0.2, 0.25) is 0 Å². The molecule has 0 unspecified atom stereocenters. The van der Waals surface area contributed by atoms with Gasteiger partial charge >= 0.3 is 0 Å². The first-order chi connectivity index (χ1) is 8.71. The lowest BCUT2D eigenvalue weighted by Gasteiger charge is -2.18. The molecule has 0 amide bonds. The van der Waals surface area contributed by atoms with E-state index in [4.69, 9.17) is 0 Å². The van der Waals surface area contributed by atoms with E-state index in [1.165, 1.54) is 10.4 Å². The van der Waals surface area contributed by atoms with E-state index < -0.39 is 0 Å². The highest BCUT2D eigenvalue weighted by Gasteiger charge is 2.13. The van der Waals surface area contributed by atoms with Crippen molar-refractivity contribution in [1.82, 2.24) is 0 Å². The minimum absolute atomic E-state index is 0.293. The monoisotopic (exact) mass is 274 g/mol. The third kappa shape index (κ3) is 5.61. The second kappa shape index (κ2) is 6.38. The Labute approximate surface area is 122 Å². The average Bonchev–Trinajstić information content (AvgIpc) is 2.83. The van der Waals surface area contributed by atoms with Crippen LogP contribution in [0.5, 0.6) is 0 Å². The van der Waals surface area contributed by atoms with Crippen molar-refractivity contribution in [3.63, 3.8) is 0 Å². The lowest BCUT2D eigenvalue weighted by Crippen LogP contribution is -2.10. The van der Waals surface area contributed by atoms with Crippen molar-refractivity contribution in [2.75, 3.05) is 0 Å². The zero-order chi connectivity index (χ0) is 14.5. The highest BCUT2D eigenvalue weighted by Crippen LogP contribution is 2.25.